The molecule has 32 heavy (non-hydrogen) atoms. The molecule has 1 amide bonds. The van der Waals surface area contributed by atoms with Gasteiger partial charge >= 0.3 is 0 Å². The van der Waals surface area contributed by atoms with Gasteiger partial charge in [-0.15, -0.1) is 0 Å². The number of amides is 1. The molecule has 0 unspecified atom stereocenters. The SMILES string of the molecule is CNS(=O)(=O)c1cc(C(=O)N(C)CCCCCc2cc(-c3cccc(F)c3)n[nH]2)n(C)c1. The first-order chi connectivity index (χ1) is 15.2. The van der Waals surface area contributed by atoms with Crippen LogP contribution in [0.25, 0.3) is 11.3 Å². The molecule has 0 spiro atoms. The molecule has 0 bridgehead atoms. The van der Waals surface area contributed by atoms with Gasteiger partial charge in [-0.1, -0.05) is 18.6 Å². The molecule has 0 aliphatic rings. The molecule has 0 atom stereocenters. The number of hydrogen-bond acceptors (Lipinski definition) is 4. The van der Waals surface area contributed by atoms with Crippen LogP contribution in [0.15, 0.2) is 47.5 Å². The largest absolute Gasteiger partial charge is 0.345 e. The standard InChI is InChI=1S/C22H28FN5O3S/c1-24-32(30,31)19-14-21(28(3)15-19)22(29)27(2)11-6-4-5-10-18-13-20(26-25-18)16-8-7-9-17(23)12-16/h7-9,12-15,24H,4-6,10-11H2,1-3H3,(H,25,26). The van der Waals surface area contributed by atoms with Crippen LogP contribution >= 0.6 is 0 Å². The van der Waals surface area contributed by atoms with Crippen molar-refractivity contribution < 1.29 is 17.6 Å². The zero-order valence-electron chi connectivity index (χ0n) is 18.4. The highest BCUT2D eigenvalue weighted by molar-refractivity contribution is 7.89. The molecule has 3 aromatic rings. The summed E-state index contributed by atoms with van der Waals surface area (Å²) in [6.45, 7) is 0.565. The number of nitrogens with one attached hydrogen (secondary N) is 2. The molecule has 2 N–H and O–H groups in total. The van der Waals surface area contributed by atoms with E-state index in [2.05, 4.69) is 14.9 Å². The number of unbranched alkanes of at least 4 members (excludes halogenated alkanes) is 2. The molecule has 10 heteroatoms. The molecule has 172 valence electrons. The van der Waals surface area contributed by atoms with E-state index in [1.165, 1.54) is 36.0 Å². The Hall–Kier alpha value is -2.98. The third kappa shape index (κ3) is 5.63. The van der Waals surface area contributed by atoms with E-state index in [-0.39, 0.29) is 16.6 Å². The maximum absolute atomic E-state index is 13.4. The quantitative estimate of drug-likeness (QED) is 0.454. The number of benzene rings is 1. The van der Waals surface area contributed by atoms with Crippen molar-refractivity contribution in [1.29, 1.82) is 0 Å². The van der Waals surface area contributed by atoms with E-state index in [0.29, 0.717) is 17.9 Å². The Bertz CT molecular complexity index is 1190. The van der Waals surface area contributed by atoms with Gasteiger partial charge in [0.2, 0.25) is 10.0 Å². The number of carbonyl (C=O) groups is 1. The fourth-order valence-electron chi connectivity index (χ4n) is 3.44. The third-order valence-corrected chi connectivity index (χ3v) is 6.70. The summed E-state index contributed by atoms with van der Waals surface area (Å²) in [5.74, 6) is -0.515. The zero-order valence-corrected chi connectivity index (χ0v) is 19.2. The lowest BCUT2D eigenvalue weighted by molar-refractivity contribution is 0.0783. The topological polar surface area (TPSA) is 100 Å². The molecule has 0 saturated heterocycles. The number of hydrogen-bond donors (Lipinski definition) is 2. The van der Waals surface area contributed by atoms with Gasteiger partial charge in [0, 0.05) is 38.1 Å². The number of carbonyl (C=O) groups excluding carboxylic acids is 1. The molecule has 0 aliphatic heterocycles. The van der Waals surface area contributed by atoms with Gasteiger partial charge in [0.15, 0.2) is 0 Å². The Morgan fingerprint density at radius 3 is 2.72 bits per heavy atom. The number of sulfonamides is 1. The lowest BCUT2D eigenvalue weighted by Gasteiger charge is -2.17. The van der Waals surface area contributed by atoms with Crippen molar-refractivity contribution in [2.75, 3.05) is 20.6 Å². The van der Waals surface area contributed by atoms with Crippen molar-refractivity contribution in [2.24, 2.45) is 7.05 Å². The summed E-state index contributed by atoms with van der Waals surface area (Å²) in [6, 6.07) is 9.65. The van der Waals surface area contributed by atoms with Crippen molar-refractivity contribution >= 4 is 15.9 Å². The molecule has 8 nitrogen and oxygen atoms in total. The lowest BCUT2D eigenvalue weighted by atomic mass is 10.1. The highest BCUT2D eigenvalue weighted by Gasteiger charge is 2.21. The molecule has 1 aromatic carbocycles. The first kappa shape index (κ1) is 23.7. The predicted molar refractivity (Wildman–Crippen MR) is 120 cm³/mol. The molecule has 0 aliphatic carbocycles. The Morgan fingerprint density at radius 1 is 1.22 bits per heavy atom. The summed E-state index contributed by atoms with van der Waals surface area (Å²) in [5.41, 5.74) is 2.76. The first-order valence-electron chi connectivity index (χ1n) is 10.4. The first-order valence-corrected chi connectivity index (χ1v) is 11.8. The average molecular weight is 462 g/mol. The third-order valence-electron chi connectivity index (χ3n) is 5.32. The van der Waals surface area contributed by atoms with Crippen LogP contribution in [-0.4, -0.2) is 54.6 Å². The van der Waals surface area contributed by atoms with Gasteiger partial charge in [-0.3, -0.25) is 9.89 Å². The van der Waals surface area contributed by atoms with Crippen LogP contribution < -0.4 is 4.72 Å². The van der Waals surface area contributed by atoms with E-state index < -0.39 is 10.0 Å². The Kier molecular flexibility index (Phi) is 7.47. The molecule has 0 radical (unpaired) electrons. The van der Waals surface area contributed by atoms with Gasteiger partial charge in [-0.25, -0.2) is 17.5 Å². The van der Waals surface area contributed by atoms with Gasteiger partial charge < -0.3 is 9.47 Å². The van der Waals surface area contributed by atoms with E-state index in [1.54, 1.807) is 25.1 Å². The highest BCUT2D eigenvalue weighted by atomic mass is 32.2. The number of rotatable bonds is 10. The van der Waals surface area contributed by atoms with E-state index in [0.717, 1.165) is 36.9 Å². The maximum Gasteiger partial charge on any atom is 0.270 e. The normalized spacial score (nSPS) is 11.6. The minimum absolute atomic E-state index is 0.0661. The van der Waals surface area contributed by atoms with Gasteiger partial charge in [-0.2, -0.15) is 5.10 Å². The zero-order chi connectivity index (χ0) is 23.3. The Morgan fingerprint density at radius 2 is 2.00 bits per heavy atom. The van der Waals surface area contributed by atoms with Gasteiger partial charge in [0.25, 0.3) is 5.91 Å². The molecule has 0 fully saturated rings. The number of H-pyrrole nitrogens is 1. The van der Waals surface area contributed by atoms with Crippen LogP contribution in [0.2, 0.25) is 0 Å². The number of nitrogens with zero attached hydrogens (tertiary/aromatic N) is 3. The maximum atomic E-state index is 13.4. The second-order valence-electron chi connectivity index (χ2n) is 7.71. The summed E-state index contributed by atoms with van der Waals surface area (Å²) in [6.07, 6.45) is 4.89. The monoisotopic (exact) mass is 461 g/mol. The van der Waals surface area contributed by atoms with Crippen molar-refractivity contribution in [3.05, 3.63) is 59.8 Å². The van der Waals surface area contributed by atoms with E-state index in [4.69, 9.17) is 0 Å². The van der Waals surface area contributed by atoms with Crippen LogP contribution in [0, 0.1) is 5.82 Å². The molecule has 2 heterocycles. The summed E-state index contributed by atoms with van der Waals surface area (Å²) in [7, 11) is 1.10. The van der Waals surface area contributed by atoms with Gasteiger partial charge in [0.05, 0.1) is 5.69 Å². The summed E-state index contributed by atoms with van der Waals surface area (Å²) in [4.78, 5) is 14.4. The Balaban J connectivity index is 1.46. The van der Waals surface area contributed by atoms with E-state index in [1.807, 2.05) is 12.1 Å². The van der Waals surface area contributed by atoms with Gasteiger partial charge in [0.1, 0.15) is 16.4 Å². The fraction of sp³-hybridized carbons (Fsp3) is 0.364. The second kappa shape index (κ2) is 10.1. The lowest BCUT2D eigenvalue weighted by Crippen LogP contribution is -2.29. The average Bonchev–Trinajstić information content (AvgIpc) is 3.40. The van der Waals surface area contributed by atoms with Crippen molar-refractivity contribution in [3.8, 4) is 11.3 Å². The summed E-state index contributed by atoms with van der Waals surface area (Å²) in [5, 5.41) is 7.25. The summed E-state index contributed by atoms with van der Waals surface area (Å²) >= 11 is 0. The minimum Gasteiger partial charge on any atom is -0.345 e. The van der Waals surface area contributed by atoms with Gasteiger partial charge in [-0.05, 0) is 50.6 Å². The molecular weight excluding hydrogens is 433 g/mol. The van der Waals surface area contributed by atoms with Crippen LogP contribution in [0.1, 0.15) is 35.4 Å². The number of aromatic amines is 1. The van der Waals surface area contributed by atoms with Crippen molar-refractivity contribution in [3.63, 3.8) is 0 Å². The van der Waals surface area contributed by atoms with Crippen molar-refractivity contribution in [2.45, 2.75) is 30.6 Å². The molecular formula is C22H28FN5O3S. The van der Waals surface area contributed by atoms with Crippen LogP contribution in [0.4, 0.5) is 4.39 Å². The summed E-state index contributed by atoms with van der Waals surface area (Å²) < 4.78 is 41.0. The fourth-order valence-corrected chi connectivity index (χ4v) is 4.23. The number of aromatic nitrogens is 3. The smallest absolute Gasteiger partial charge is 0.270 e. The van der Waals surface area contributed by atoms with Crippen molar-refractivity contribution in [1.82, 2.24) is 24.4 Å². The molecule has 2 aromatic heterocycles. The number of halogens is 1. The predicted octanol–water partition coefficient (Wildman–Crippen LogP) is 2.95. The van der Waals surface area contributed by atoms with E-state index >= 15 is 0 Å². The Labute approximate surface area is 187 Å². The van der Waals surface area contributed by atoms with Crippen LogP contribution in [-0.2, 0) is 23.5 Å². The highest BCUT2D eigenvalue weighted by Crippen LogP contribution is 2.19. The minimum atomic E-state index is -3.60. The number of aryl methyl sites for hydroxylation is 2. The molecule has 0 saturated carbocycles. The van der Waals surface area contributed by atoms with Crippen LogP contribution in [0.5, 0.6) is 0 Å². The molecule has 3 rings (SSSR count). The van der Waals surface area contributed by atoms with Crippen LogP contribution in [0.3, 0.4) is 0 Å². The second-order valence-corrected chi connectivity index (χ2v) is 9.59. The van der Waals surface area contributed by atoms with E-state index in [9.17, 15) is 17.6 Å².